The molecule has 21 heavy (non-hydrogen) atoms. The lowest BCUT2D eigenvalue weighted by atomic mass is 10.2. The first-order valence-electron chi connectivity index (χ1n) is 7.54. The first-order chi connectivity index (χ1) is 10.0. The molecule has 0 aromatic heterocycles. The number of unbranched alkanes of at least 4 members (excludes halogenated alkanes) is 4. The van der Waals surface area contributed by atoms with E-state index >= 15 is 0 Å². The molecule has 0 heterocycles. The Morgan fingerprint density at radius 2 is 1.86 bits per heavy atom. The van der Waals surface area contributed by atoms with Crippen molar-refractivity contribution < 1.29 is 19.1 Å². The Bertz CT molecular complexity index is 328. The van der Waals surface area contributed by atoms with E-state index in [1.807, 2.05) is 13.2 Å². The van der Waals surface area contributed by atoms with Crippen LogP contribution in [-0.2, 0) is 19.1 Å². The zero-order chi connectivity index (χ0) is 16.1. The van der Waals surface area contributed by atoms with Crippen molar-refractivity contribution in [3.8, 4) is 0 Å². The topological polar surface area (TPSA) is 52.6 Å². The molecule has 0 N–H and O–H groups in total. The fourth-order valence-electron chi connectivity index (χ4n) is 1.72. The van der Waals surface area contributed by atoms with Gasteiger partial charge in [-0.15, -0.1) is 0 Å². The lowest BCUT2D eigenvalue weighted by Gasteiger charge is -2.12. The molecule has 0 rings (SSSR count). The molecule has 0 saturated heterocycles. The Morgan fingerprint density at radius 1 is 1.19 bits per heavy atom. The van der Waals surface area contributed by atoms with Crippen molar-refractivity contribution in [3.63, 3.8) is 0 Å². The van der Waals surface area contributed by atoms with Crippen LogP contribution in [0.3, 0.4) is 0 Å². The molecule has 0 bridgehead atoms. The molecule has 0 spiro atoms. The predicted molar refractivity (Wildman–Crippen MR) is 87.4 cm³/mol. The van der Waals surface area contributed by atoms with Gasteiger partial charge >= 0.3 is 11.9 Å². The van der Waals surface area contributed by atoms with E-state index in [9.17, 15) is 9.59 Å². The summed E-state index contributed by atoms with van der Waals surface area (Å²) in [7, 11) is 0. The second kappa shape index (κ2) is 12.7. The van der Waals surface area contributed by atoms with Crippen LogP contribution in [-0.4, -0.2) is 36.7 Å². The van der Waals surface area contributed by atoms with Crippen LogP contribution in [0.2, 0.25) is 0 Å². The van der Waals surface area contributed by atoms with Gasteiger partial charge in [0.15, 0.2) is 0 Å². The largest absolute Gasteiger partial charge is 0.465 e. The van der Waals surface area contributed by atoms with Gasteiger partial charge in [-0.2, -0.15) is 11.8 Å². The van der Waals surface area contributed by atoms with Crippen molar-refractivity contribution in [2.24, 2.45) is 0 Å². The number of carbonyl (C=O) groups excluding carboxylic acids is 2. The van der Waals surface area contributed by atoms with Crippen LogP contribution < -0.4 is 0 Å². The van der Waals surface area contributed by atoms with Crippen molar-refractivity contribution in [2.75, 3.05) is 18.6 Å². The molecule has 5 heteroatoms. The molecule has 1 atom stereocenters. The normalized spacial score (nSPS) is 11.8. The SMILES string of the molecule is C=C(CC(=O)OCCCCCCC)C(=O)OC(C)CSC. The van der Waals surface area contributed by atoms with Crippen LogP contribution >= 0.6 is 11.8 Å². The van der Waals surface area contributed by atoms with E-state index in [0.29, 0.717) is 6.61 Å². The maximum Gasteiger partial charge on any atom is 0.334 e. The van der Waals surface area contributed by atoms with E-state index < -0.39 is 11.9 Å². The van der Waals surface area contributed by atoms with Crippen LogP contribution in [0, 0.1) is 0 Å². The Morgan fingerprint density at radius 3 is 2.48 bits per heavy atom. The summed E-state index contributed by atoms with van der Waals surface area (Å²) in [5.74, 6) is -0.206. The summed E-state index contributed by atoms with van der Waals surface area (Å²) in [6.07, 6.45) is 7.17. The van der Waals surface area contributed by atoms with Gasteiger partial charge < -0.3 is 9.47 Å². The van der Waals surface area contributed by atoms with Gasteiger partial charge in [0.2, 0.25) is 0 Å². The minimum Gasteiger partial charge on any atom is -0.465 e. The Labute approximate surface area is 132 Å². The summed E-state index contributed by atoms with van der Waals surface area (Å²) in [6.45, 7) is 7.98. The lowest BCUT2D eigenvalue weighted by Crippen LogP contribution is -2.20. The molecule has 0 aliphatic rings. The average Bonchev–Trinajstić information content (AvgIpc) is 2.42. The molecule has 0 aliphatic heterocycles. The van der Waals surface area contributed by atoms with Crippen molar-refractivity contribution in [1.29, 1.82) is 0 Å². The van der Waals surface area contributed by atoms with E-state index in [-0.39, 0.29) is 18.1 Å². The minimum absolute atomic E-state index is 0.0974. The fraction of sp³-hybridized carbons (Fsp3) is 0.750. The lowest BCUT2D eigenvalue weighted by molar-refractivity contribution is -0.147. The highest BCUT2D eigenvalue weighted by molar-refractivity contribution is 7.98. The second-order valence-electron chi connectivity index (χ2n) is 5.09. The monoisotopic (exact) mass is 316 g/mol. The minimum atomic E-state index is -0.517. The molecule has 4 nitrogen and oxygen atoms in total. The van der Waals surface area contributed by atoms with Crippen LogP contribution in [0.1, 0.15) is 52.4 Å². The second-order valence-corrected chi connectivity index (χ2v) is 6.00. The maximum atomic E-state index is 11.7. The smallest absolute Gasteiger partial charge is 0.334 e. The van der Waals surface area contributed by atoms with E-state index in [4.69, 9.17) is 9.47 Å². The zero-order valence-electron chi connectivity index (χ0n) is 13.5. The molecular weight excluding hydrogens is 288 g/mol. The highest BCUT2D eigenvalue weighted by Gasteiger charge is 2.16. The third-order valence-electron chi connectivity index (χ3n) is 2.87. The number of esters is 2. The van der Waals surface area contributed by atoms with Gasteiger partial charge in [0.25, 0.3) is 0 Å². The average molecular weight is 316 g/mol. The first-order valence-corrected chi connectivity index (χ1v) is 8.94. The van der Waals surface area contributed by atoms with Gasteiger partial charge in [0, 0.05) is 11.3 Å². The third-order valence-corrected chi connectivity index (χ3v) is 3.67. The van der Waals surface area contributed by atoms with Crippen molar-refractivity contribution in [1.82, 2.24) is 0 Å². The maximum absolute atomic E-state index is 11.7. The van der Waals surface area contributed by atoms with Gasteiger partial charge in [-0.3, -0.25) is 4.79 Å². The van der Waals surface area contributed by atoms with Gasteiger partial charge in [0.1, 0.15) is 6.10 Å². The molecule has 0 amide bonds. The van der Waals surface area contributed by atoms with Gasteiger partial charge in [-0.25, -0.2) is 4.79 Å². The Hall–Kier alpha value is -0.970. The number of thioether (sulfide) groups is 1. The zero-order valence-corrected chi connectivity index (χ0v) is 14.3. The molecule has 0 aromatic rings. The number of ether oxygens (including phenoxy) is 2. The van der Waals surface area contributed by atoms with Crippen molar-refractivity contribution in [3.05, 3.63) is 12.2 Å². The predicted octanol–water partition coefficient (Wildman–Crippen LogP) is 3.74. The summed E-state index contributed by atoms with van der Waals surface area (Å²) < 4.78 is 10.2. The molecule has 1 unspecified atom stereocenters. The molecule has 0 aliphatic carbocycles. The summed E-state index contributed by atoms with van der Waals surface area (Å²) >= 11 is 1.60. The number of rotatable bonds is 12. The van der Waals surface area contributed by atoms with Gasteiger partial charge in [0.05, 0.1) is 13.0 Å². The first kappa shape index (κ1) is 20.0. The Kier molecular flexibility index (Phi) is 12.2. The van der Waals surface area contributed by atoms with E-state index in [2.05, 4.69) is 13.5 Å². The highest BCUT2D eigenvalue weighted by atomic mass is 32.2. The van der Waals surface area contributed by atoms with Crippen LogP contribution in [0.4, 0.5) is 0 Å². The standard InChI is InChI=1S/C16H28O4S/c1-5-6-7-8-9-10-19-15(17)11-13(2)16(18)20-14(3)12-21-4/h14H,2,5-12H2,1,3-4H3. The third kappa shape index (κ3) is 11.4. The quantitative estimate of drug-likeness (QED) is 0.312. The van der Waals surface area contributed by atoms with Gasteiger partial charge in [-0.1, -0.05) is 39.2 Å². The van der Waals surface area contributed by atoms with E-state index in [0.717, 1.165) is 18.6 Å². The number of hydrogen-bond donors (Lipinski definition) is 0. The highest BCUT2D eigenvalue weighted by Crippen LogP contribution is 2.09. The molecular formula is C16H28O4S. The fourth-order valence-corrected chi connectivity index (χ4v) is 2.26. The summed E-state index contributed by atoms with van der Waals surface area (Å²) in [5.41, 5.74) is 0.152. The molecule has 122 valence electrons. The summed E-state index contributed by atoms with van der Waals surface area (Å²) in [6, 6.07) is 0. The van der Waals surface area contributed by atoms with Crippen LogP contribution in [0.25, 0.3) is 0 Å². The number of hydrogen-bond acceptors (Lipinski definition) is 5. The van der Waals surface area contributed by atoms with Crippen LogP contribution in [0.15, 0.2) is 12.2 Å². The molecule has 0 saturated carbocycles. The van der Waals surface area contributed by atoms with Gasteiger partial charge in [-0.05, 0) is 19.6 Å². The Balaban J connectivity index is 3.78. The van der Waals surface area contributed by atoms with Crippen molar-refractivity contribution in [2.45, 2.75) is 58.5 Å². The summed E-state index contributed by atoms with van der Waals surface area (Å²) in [4.78, 5) is 23.2. The molecule has 0 radical (unpaired) electrons. The summed E-state index contributed by atoms with van der Waals surface area (Å²) in [5, 5.41) is 0. The van der Waals surface area contributed by atoms with E-state index in [1.165, 1.54) is 19.3 Å². The van der Waals surface area contributed by atoms with E-state index in [1.54, 1.807) is 11.8 Å². The van der Waals surface area contributed by atoms with Crippen LogP contribution in [0.5, 0.6) is 0 Å². The van der Waals surface area contributed by atoms with Crippen molar-refractivity contribution >= 4 is 23.7 Å². The molecule has 0 aromatic carbocycles. The molecule has 0 fully saturated rings. The number of carbonyl (C=O) groups is 2.